The van der Waals surface area contributed by atoms with Gasteiger partial charge in [0.25, 0.3) is 0 Å². The Kier molecular flexibility index (Phi) is 8.47. The van der Waals surface area contributed by atoms with Crippen LogP contribution in [0.5, 0.6) is 17.2 Å². The summed E-state index contributed by atoms with van der Waals surface area (Å²) in [4.78, 5) is 19.4. The standard InChI is InChI=1S/C33H31F3N4O5S/c1-5-43-24(41)12-9-18-7-6-8-22-28(18)44-16-14-33(22,2)32-38-31(40(3)39-32)21-17-19(10-11-23(21)34)45-29-26(36)25(35)27-20(13-15-37-27)30(29)46(4)42/h6-8,10-11,13,15,17,37H,5,9,12,14,16H2,1-4H3. The van der Waals surface area contributed by atoms with Gasteiger partial charge in [-0.1, -0.05) is 18.2 Å². The van der Waals surface area contributed by atoms with Crippen molar-refractivity contribution in [2.75, 3.05) is 19.5 Å². The average molecular weight is 653 g/mol. The zero-order valence-corrected chi connectivity index (χ0v) is 26.4. The van der Waals surface area contributed by atoms with E-state index in [9.17, 15) is 13.7 Å². The number of ether oxygens (including phenoxy) is 3. The summed E-state index contributed by atoms with van der Waals surface area (Å²) < 4.78 is 76.4. The number of rotatable bonds is 9. The fourth-order valence-electron chi connectivity index (χ4n) is 5.84. The number of carbonyl (C=O) groups is 1. The van der Waals surface area contributed by atoms with Gasteiger partial charge in [-0.15, -0.1) is 0 Å². The fourth-order valence-corrected chi connectivity index (χ4v) is 6.71. The zero-order chi connectivity index (χ0) is 32.7. The van der Waals surface area contributed by atoms with Crippen LogP contribution in [0.15, 0.2) is 53.6 Å². The lowest BCUT2D eigenvalue weighted by Gasteiger charge is -2.34. The molecule has 1 N–H and O–H groups in total. The maximum atomic E-state index is 15.4. The minimum Gasteiger partial charge on any atom is -0.612 e. The second-order valence-corrected chi connectivity index (χ2v) is 12.5. The number of aryl methyl sites for hydroxylation is 2. The van der Waals surface area contributed by atoms with E-state index in [1.165, 1.54) is 35.3 Å². The lowest BCUT2D eigenvalue weighted by molar-refractivity contribution is -0.143. The summed E-state index contributed by atoms with van der Waals surface area (Å²) in [6.45, 7) is 4.43. The first-order valence-electron chi connectivity index (χ1n) is 14.6. The number of carbonyl (C=O) groups excluding carboxylic acids is 1. The predicted octanol–water partition coefficient (Wildman–Crippen LogP) is 6.49. The molecule has 2 unspecified atom stereocenters. The van der Waals surface area contributed by atoms with E-state index in [1.54, 1.807) is 14.0 Å². The van der Waals surface area contributed by atoms with Crippen LogP contribution < -0.4 is 9.47 Å². The topological polar surface area (TPSA) is 114 Å². The molecule has 2 atom stereocenters. The van der Waals surface area contributed by atoms with Crippen molar-refractivity contribution in [3.63, 3.8) is 0 Å². The normalized spacial score (nSPS) is 16.6. The number of benzene rings is 3. The number of fused-ring (bicyclic) bond motifs is 2. The Morgan fingerprint density at radius 1 is 1.20 bits per heavy atom. The molecule has 0 bridgehead atoms. The first-order valence-corrected chi connectivity index (χ1v) is 16.2. The number of nitrogens with one attached hydrogen (secondary N) is 1. The van der Waals surface area contributed by atoms with Gasteiger partial charge in [0.15, 0.2) is 17.5 Å². The van der Waals surface area contributed by atoms with Crippen LogP contribution in [0.25, 0.3) is 22.3 Å². The van der Waals surface area contributed by atoms with E-state index in [0.29, 0.717) is 37.6 Å². The largest absolute Gasteiger partial charge is 0.612 e. The molecule has 46 heavy (non-hydrogen) atoms. The number of para-hydroxylation sites is 1. The number of H-pyrrole nitrogens is 1. The Morgan fingerprint density at radius 3 is 2.76 bits per heavy atom. The lowest BCUT2D eigenvalue weighted by atomic mass is 9.76. The van der Waals surface area contributed by atoms with Crippen LogP contribution in [0.3, 0.4) is 0 Å². The Balaban J connectivity index is 1.36. The highest BCUT2D eigenvalue weighted by atomic mass is 32.2. The molecule has 0 saturated carbocycles. The summed E-state index contributed by atoms with van der Waals surface area (Å²) in [7, 11) is 1.63. The van der Waals surface area contributed by atoms with Gasteiger partial charge in [0, 0.05) is 25.2 Å². The molecule has 0 radical (unpaired) electrons. The van der Waals surface area contributed by atoms with Crippen LogP contribution >= 0.6 is 0 Å². The van der Waals surface area contributed by atoms with Gasteiger partial charge in [-0.25, -0.2) is 18.4 Å². The molecule has 13 heteroatoms. The van der Waals surface area contributed by atoms with Gasteiger partial charge in [0.2, 0.25) is 16.5 Å². The maximum Gasteiger partial charge on any atom is 0.306 e. The van der Waals surface area contributed by atoms with E-state index in [-0.39, 0.29) is 45.3 Å². The molecular weight excluding hydrogens is 621 g/mol. The van der Waals surface area contributed by atoms with Crippen molar-refractivity contribution in [1.82, 2.24) is 19.7 Å². The lowest BCUT2D eigenvalue weighted by Crippen LogP contribution is -2.33. The molecule has 6 rings (SSSR count). The molecule has 2 aromatic heterocycles. The monoisotopic (exact) mass is 652 g/mol. The zero-order valence-electron chi connectivity index (χ0n) is 25.6. The van der Waals surface area contributed by atoms with Gasteiger partial charge in [0.05, 0.1) is 35.1 Å². The third kappa shape index (κ3) is 5.47. The van der Waals surface area contributed by atoms with Crippen molar-refractivity contribution in [2.45, 2.75) is 43.4 Å². The second kappa shape index (κ2) is 12.4. The third-order valence-corrected chi connectivity index (χ3v) is 9.18. The van der Waals surface area contributed by atoms with Crippen LogP contribution in [0.2, 0.25) is 0 Å². The quantitative estimate of drug-likeness (QED) is 0.143. The van der Waals surface area contributed by atoms with E-state index >= 15 is 8.78 Å². The van der Waals surface area contributed by atoms with E-state index in [4.69, 9.17) is 19.2 Å². The maximum absolute atomic E-state index is 15.4. The van der Waals surface area contributed by atoms with Crippen LogP contribution in [0, 0.1) is 17.5 Å². The van der Waals surface area contributed by atoms with Crippen LogP contribution in [0.1, 0.15) is 43.6 Å². The van der Waals surface area contributed by atoms with Gasteiger partial charge in [-0.3, -0.25) is 4.79 Å². The van der Waals surface area contributed by atoms with E-state index in [1.807, 2.05) is 25.1 Å². The minimum absolute atomic E-state index is 0.0144. The van der Waals surface area contributed by atoms with Gasteiger partial charge >= 0.3 is 5.97 Å². The summed E-state index contributed by atoms with van der Waals surface area (Å²) in [5.41, 5.74) is 0.877. The molecular formula is C33H31F3N4O5S. The molecule has 240 valence electrons. The van der Waals surface area contributed by atoms with Gasteiger partial charge < -0.3 is 23.7 Å². The number of aromatic nitrogens is 4. The van der Waals surface area contributed by atoms with E-state index in [0.717, 1.165) is 17.2 Å². The number of esters is 1. The molecule has 3 heterocycles. The average Bonchev–Trinajstić information content (AvgIpc) is 3.67. The molecule has 3 aromatic carbocycles. The molecule has 0 spiro atoms. The number of hydrogen-bond acceptors (Lipinski definition) is 7. The number of halogens is 3. The molecule has 0 saturated heterocycles. The fraction of sp³-hybridized carbons (Fsp3) is 0.303. The van der Waals surface area contributed by atoms with Gasteiger partial charge in [-0.2, -0.15) is 9.49 Å². The Morgan fingerprint density at radius 2 is 2.00 bits per heavy atom. The molecule has 9 nitrogen and oxygen atoms in total. The van der Waals surface area contributed by atoms with Crippen molar-refractivity contribution < 1.29 is 36.7 Å². The highest BCUT2D eigenvalue weighted by molar-refractivity contribution is 7.91. The molecule has 0 fully saturated rings. The van der Waals surface area contributed by atoms with Gasteiger partial charge in [0.1, 0.15) is 23.6 Å². The molecule has 0 aliphatic carbocycles. The SMILES string of the molecule is CCOC(=O)CCc1cccc2c1OCCC2(C)c1nc(-c2cc(Oc3c(F)c(F)c4[nH]ccc4c3[S+](C)[O-])ccc2F)n(C)n1. The highest BCUT2D eigenvalue weighted by Crippen LogP contribution is 2.45. The molecule has 5 aromatic rings. The number of aromatic amines is 1. The molecule has 1 aliphatic heterocycles. The highest BCUT2D eigenvalue weighted by Gasteiger charge is 2.40. The van der Waals surface area contributed by atoms with E-state index in [2.05, 4.69) is 10.1 Å². The van der Waals surface area contributed by atoms with Gasteiger partial charge in [-0.05, 0) is 67.7 Å². The summed E-state index contributed by atoms with van der Waals surface area (Å²) >= 11 is -1.75. The summed E-state index contributed by atoms with van der Waals surface area (Å²) in [5.74, 6) is -2.73. The number of nitrogens with zero attached hydrogens (tertiary/aromatic N) is 3. The minimum atomic E-state index is -1.75. The smallest absolute Gasteiger partial charge is 0.306 e. The Hall–Kier alpha value is -4.49. The summed E-state index contributed by atoms with van der Waals surface area (Å²) in [6.07, 6.45) is 3.93. The van der Waals surface area contributed by atoms with Crippen molar-refractivity contribution in [3.05, 3.63) is 83.1 Å². The Labute approximate surface area is 265 Å². The molecule has 0 amide bonds. The van der Waals surface area contributed by atoms with E-state index < -0.39 is 39.8 Å². The van der Waals surface area contributed by atoms with Crippen molar-refractivity contribution in [1.29, 1.82) is 0 Å². The first-order chi connectivity index (χ1) is 22.0. The third-order valence-electron chi connectivity index (χ3n) is 8.20. The van der Waals surface area contributed by atoms with Crippen LogP contribution in [-0.2, 0) is 39.6 Å². The summed E-state index contributed by atoms with van der Waals surface area (Å²) in [5, 5.41) is 4.88. The predicted molar refractivity (Wildman–Crippen MR) is 165 cm³/mol. The van der Waals surface area contributed by atoms with Crippen molar-refractivity contribution in [2.24, 2.45) is 7.05 Å². The first kappa shape index (κ1) is 31.5. The number of hydrogen-bond donors (Lipinski definition) is 1. The van der Waals surface area contributed by atoms with Crippen LogP contribution in [-0.4, -0.2) is 49.7 Å². The van der Waals surface area contributed by atoms with Crippen molar-refractivity contribution in [3.8, 4) is 28.6 Å². The second-order valence-electron chi connectivity index (χ2n) is 11.2. The Bertz CT molecular complexity index is 1960. The van der Waals surface area contributed by atoms with Crippen molar-refractivity contribution >= 4 is 28.0 Å². The van der Waals surface area contributed by atoms with Crippen LogP contribution in [0.4, 0.5) is 13.2 Å². The summed E-state index contributed by atoms with van der Waals surface area (Å²) in [6, 6.07) is 10.9. The molecule has 1 aliphatic rings.